The number of pyridine rings is 1. The van der Waals surface area contributed by atoms with Gasteiger partial charge in [-0.15, -0.1) is 0 Å². The Labute approximate surface area is 200 Å². The molecule has 2 aromatic rings. The van der Waals surface area contributed by atoms with E-state index in [1.807, 2.05) is 4.72 Å². The van der Waals surface area contributed by atoms with Gasteiger partial charge in [0.05, 0.1) is 11.7 Å². The highest BCUT2D eigenvalue weighted by Gasteiger charge is 2.26. The minimum absolute atomic E-state index is 0.0875. The summed E-state index contributed by atoms with van der Waals surface area (Å²) in [6, 6.07) is 6.11. The summed E-state index contributed by atoms with van der Waals surface area (Å²) in [5.74, 6) is 5.80. The summed E-state index contributed by atoms with van der Waals surface area (Å²) in [7, 11) is -8.88. The SMILES string of the molecule is CC(C)Oc1cc(C(=O)NS(=O)(=O)c2ccccc2S(N)(=O)=O)cnc1C#CC1CCCCC1. The number of hydrogen-bond donors (Lipinski definition) is 2. The van der Waals surface area contributed by atoms with Gasteiger partial charge in [0.2, 0.25) is 10.0 Å². The zero-order chi connectivity index (χ0) is 24.9. The number of carbonyl (C=O) groups is 1. The topological polar surface area (TPSA) is 146 Å². The monoisotopic (exact) mass is 505 g/mol. The Hall–Kier alpha value is -2.94. The van der Waals surface area contributed by atoms with E-state index in [4.69, 9.17) is 9.88 Å². The molecule has 1 saturated carbocycles. The predicted molar refractivity (Wildman–Crippen MR) is 126 cm³/mol. The maximum atomic E-state index is 12.8. The molecular weight excluding hydrogens is 478 g/mol. The quantitative estimate of drug-likeness (QED) is 0.574. The molecule has 1 aromatic heterocycles. The van der Waals surface area contributed by atoms with Crippen LogP contribution in [-0.4, -0.2) is 33.8 Å². The van der Waals surface area contributed by atoms with E-state index in [0.717, 1.165) is 37.8 Å². The first-order chi connectivity index (χ1) is 16.0. The average Bonchev–Trinajstić information content (AvgIpc) is 2.77. The summed E-state index contributed by atoms with van der Waals surface area (Å²) in [5, 5.41) is 5.12. The van der Waals surface area contributed by atoms with Gasteiger partial charge in [0.1, 0.15) is 9.79 Å². The molecule has 11 heteroatoms. The van der Waals surface area contributed by atoms with Crippen molar-refractivity contribution in [3.05, 3.63) is 47.8 Å². The van der Waals surface area contributed by atoms with Crippen LogP contribution in [0.3, 0.4) is 0 Å². The van der Waals surface area contributed by atoms with E-state index in [0.29, 0.717) is 5.69 Å². The molecule has 0 unspecified atom stereocenters. The van der Waals surface area contributed by atoms with Crippen LogP contribution in [-0.2, 0) is 20.0 Å². The number of nitrogens with one attached hydrogen (secondary N) is 1. The van der Waals surface area contributed by atoms with Gasteiger partial charge in [0.15, 0.2) is 11.4 Å². The molecule has 0 spiro atoms. The van der Waals surface area contributed by atoms with Gasteiger partial charge in [-0.05, 0) is 50.8 Å². The number of sulfonamides is 2. The van der Waals surface area contributed by atoms with Crippen LogP contribution in [0.15, 0.2) is 46.3 Å². The Kier molecular flexibility index (Phi) is 7.97. The number of carbonyl (C=O) groups excluding carboxylic acids is 1. The lowest BCUT2D eigenvalue weighted by Gasteiger charge is -2.16. The molecule has 1 amide bonds. The van der Waals surface area contributed by atoms with Gasteiger partial charge in [-0.25, -0.2) is 31.7 Å². The predicted octanol–water partition coefficient (Wildman–Crippen LogP) is 2.57. The number of amides is 1. The Morgan fingerprint density at radius 3 is 2.38 bits per heavy atom. The molecule has 3 rings (SSSR count). The molecule has 0 saturated heterocycles. The highest BCUT2D eigenvalue weighted by Crippen LogP contribution is 2.24. The second-order valence-electron chi connectivity index (χ2n) is 8.27. The lowest BCUT2D eigenvalue weighted by Crippen LogP contribution is -2.32. The maximum Gasteiger partial charge on any atom is 0.266 e. The first kappa shape index (κ1) is 25.7. The van der Waals surface area contributed by atoms with Gasteiger partial charge < -0.3 is 4.74 Å². The highest BCUT2D eigenvalue weighted by molar-refractivity contribution is 7.92. The van der Waals surface area contributed by atoms with Crippen molar-refractivity contribution in [3.8, 4) is 17.6 Å². The van der Waals surface area contributed by atoms with Crippen molar-refractivity contribution in [3.63, 3.8) is 0 Å². The molecule has 0 bridgehead atoms. The first-order valence-corrected chi connectivity index (χ1v) is 13.9. The third-order valence-electron chi connectivity index (χ3n) is 5.15. The third-order valence-corrected chi connectivity index (χ3v) is 7.64. The summed E-state index contributed by atoms with van der Waals surface area (Å²) >= 11 is 0. The molecule has 3 N–H and O–H groups in total. The van der Waals surface area contributed by atoms with Crippen LogP contribution in [0.2, 0.25) is 0 Å². The van der Waals surface area contributed by atoms with Crippen molar-refractivity contribution in [1.29, 1.82) is 0 Å². The number of nitrogens with zero attached hydrogens (tertiary/aromatic N) is 1. The largest absolute Gasteiger partial charge is 0.488 e. The van der Waals surface area contributed by atoms with Gasteiger partial charge in [-0.3, -0.25) is 4.79 Å². The van der Waals surface area contributed by atoms with Crippen molar-refractivity contribution in [1.82, 2.24) is 9.71 Å². The van der Waals surface area contributed by atoms with E-state index >= 15 is 0 Å². The van der Waals surface area contributed by atoms with E-state index in [2.05, 4.69) is 16.8 Å². The fourth-order valence-electron chi connectivity index (χ4n) is 3.57. The van der Waals surface area contributed by atoms with Crippen LogP contribution in [0.25, 0.3) is 0 Å². The van der Waals surface area contributed by atoms with Crippen LogP contribution < -0.4 is 14.6 Å². The third kappa shape index (κ3) is 6.56. The smallest absolute Gasteiger partial charge is 0.266 e. The average molecular weight is 506 g/mol. The molecule has 182 valence electrons. The van der Waals surface area contributed by atoms with Crippen LogP contribution in [0, 0.1) is 17.8 Å². The molecule has 9 nitrogen and oxygen atoms in total. The van der Waals surface area contributed by atoms with Crippen molar-refractivity contribution in [2.45, 2.75) is 61.8 Å². The molecule has 0 radical (unpaired) electrons. The summed E-state index contributed by atoms with van der Waals surface area (Å²) in [6.45, 7) is 3.61. The van der Waals surface area contributed by atoms with Gasteiger partial charge in [-0.1, -0.05) is 37.3 Å². The number of ether oxygens (including phenoxy) is 1. The van der Waals surface area contributed by atoms with Crippen LogP contribution in [0.4, 0.5) is 0 Å². The lowest BCUT2D eigenvalue weighted by atomic mass is 9.90. The summed E-state index contributed by atoms with van der Waals surface area (Å²) < 4.78 is 56.7. The molecule has 1 heterocycles. The molecule has 1 fully saturated rings. The van der Waals surface area contributed by atoms with Crippen molar-refractivity contribution in [2.75, 3.05) is 0 Å². The Balaban J connectivity index is 1.90. The standard InChI is InChI=1S/C23H27N3O6S2/c1-16(2)32-20-14-18(15-25-19(20)13-12-17-8-4-3-5-9-17)23(27)26-34(30,31)22-11-7-6-10-21(22)33(24,28)29/h6-7,10-11,14-17H,3-5,8-9H2,1-2H3,(H,26,27)(H2,24,28,29). The summed E-state index contributed by atoms with van der Waals surface area (Å²) in [5.41, 5.74) is 0.272. The second kappa shape index (κ2) is 10.5. The Bertz CT molecular complexity index is 1340. The van der Waals surface area contributed by atoms with Crippen LogP contribution in [0.5, 0.6) is 5.75 Å². The first-order valence-electron chi connectivity index (χ1n) is 10.8. The lowest BCUT2D eigenvalue weighted by molar-refractivity contribution is 0.0980. The number of nitrogens with two attached hydrogens (primary N) is 1. The van der Waals surface area contributed by atoms with Gasteiger partial charge in [0.25, 0.3) is 15.9 Å². The van der Waals surface area contributed by atoms with E-state index in [9.17, 15) is 21.6 Å². The van der Waals surface area contributed by atoms with Gasteiger partial charge >= 0.3 is 0 Å². The number of hydrogen-bond acceptors (Lipinski definition) is 7. The van der Waals surface area contributed by atoms with Crippen molar-refractivity contribution in [2.24, 2.45) is 11.1 Å². The summed E-state index contributed by atoms with van der Waals surface area (Å²) in [4.78, 5) is 15.7. The van der Waals surface area contributed by atoms with Crippen molar-refractivity contribution < 1.29 is 26.4 Å². The van der Waals surface area contributed by atoms with E-state index in [1.165, 1.54) is 30.8 Å². The Morgan fingerprint density at radius 2 is 1.76 bits per heavy atom. The normalized spacial score (nSPS) is 14.8. The maximum absolute atomic E-state index is 12.8. The number of aromatic nitrogens is 1. The molecule has 0 aliphatic heterocycles. The second-order valence-corrected chi connectivity index (χ2v) is 11.4. The number of primary sulfonamides is 1. The minimum atomic E-state index is -4.55. The minimum Gasteiger partial charge on any atom is -0.488 e. The molecule has 34 heavy (non-hydrogen) atoms. The van der Waals surface area contributed by atoms with Gasteiger partial charge in [0, 0.05) is 12.1 Å². The van der Waals surface area contributed by atoms with E-state index in [-0.39, 0.29) is 23.3 Å². The molecule has 1 aromatic carbocycles. The number of benzene rings is 1. The van der Waals surface area contributed by atoms with E-state index < -0.39 is 35.7 Å². The zero-order valence-corrected chi connectivity index (χ0v) is 20.6. The van der Waals surface area contributed by atoms with Gasteiger partial charge in [-0.2, -0.15) is 0 Å². The number of rotatable bonds is 6. The van der Waals surface area contributed by atoms with Crippen LogP contribution in [0.1, 0.15) is 62.0 Å². The molecule has 0 atom stereocenters. The van der Waals surface area contributed by atoms with Crippen molar-refractivity contribution >= 4 is 26.0 Å². The zero-order valence-electron chi connectivity index (χ0n) is 18.9. The molecule has 1 aliphatic carbocycles. The van der Waals surface area contributed by atoms with E-state index in [1.54, 1.807) is 13.8 Å². The molecular formula is C23H27N3O6S2. The Morgan fingerprint density at radius 1 is 1.12 bits per heavy atom. The fourth-order valence-corrected chi connectivity index (χ4v) is 5.92. The highest BCUT2D eigenvalue weighted by atomic mass is 32.2. The molecule has 1 aliphatic rings. The summed E-state index contributed by atoms with van der Waals surface area (Å²) in [6.07, 6.45) is 6.54. The fraction of sp³-hybridized carbons (Fsp3) is 0.391. The van der Waals surface area contributed by atoms with Crippen LogP contribution >= 0.6 is 0 Å².